The van der Waals surface area contributed by atoms with Crippen molar-refractivity contribution in [1.82, 2.24) is 25.6 Å². The van der Waals surface area contributed by atoms with Crippen molar-refractivity contribution in [2.24, 2.45) is 0 Å². The van der Waals surface area contributed by atoms with Crippen LogP contribution in [0.5, 0.6) is 0 Å². The van der Waals surface area contributed by atoms with Crippen LogP contribution in [-0.4, -0.2) is 40.0 Å². The lowest BCUT2D eigenvalue weighted by atomic mass is 10.1. The number of nitrogens with one attached hydrogen (secondary N) is 3. The molecule has 6 nitrogen and oxygen atoms in total. The van der Waals surface area contributed by atoms with Gasteiger partial charge in [0.25, 0.3) is 0 Å². The number of piperazine rings is 1. The summed E-state index contributed by atoms with van der Waals surface area (Å²) in [7, 11) is 0. The molecule has 0 aliphatic carbocycles. The Morgan fingerprint density at radius 1 is 1.41 bits per heavy atom. The average Bonchev–Trinajstić information content (AvgIpc) is 2.74. The third-order valence-electron chi connectivity index (χ3n) is 2.86. The van der Waals surface area contributed by atoms with Gasteiger partial charge >= 0.3 is 0 Å². The zero-order chi connectivity index (χ0) is 11.7. The quantitative estimate of drug-likeness (QED) is 0.656. The van der Waals surface area contributed by atoms with Crippen LogP contribution in [0.25, 0.3) is 11.0 Å². The SMILES string of the molecule is O=C1NCCNC1Cc1nc2ccncc2[nH]1. The fourth-order valence-electron chi connectivity index (χ4n) is 2.01. The van der Waals surface area contributed by atoms with E-state index >= 15 is 0 Å². The second kappa shape index (κ2) is 4.14. The van der Waals surface area contributed by atoms with E-state index in [0.29, 0.717) is 13.0 Å². The molecule has 3 rings (SSSR count). The molecule has 2 aromatic heterocycles. The molecule has 1 amide bonds. The highest BCUT2D eigenvalue weighted by molar-refractivity contribution is 5.83. The highest BCUT2D eigenvalue weighted by Crippen LogP contribution is 2.10. The Labute approximate surface area is 97.8 Å². The van der Waals surface area contributed by atoms with Crippen LogP contribution in [0.4, 0.5) is 0 Å². The summed E-state index contributed by atoms with van der Waals surface area (Å²) >= 11 is 0. The molecule has 0 aromatic carbocycles. The molecule has 3 heterocycles. The van der Waals surface area contributed by atoms with Gasteiger partial charge in [0, 0.05) is 25.7 Å². The van der Waals surface area contributed by atoms with Crippen LogP contribution in [0.2, 0.25) is 0 Å². The van der Waals surface area contributed by atoms with Gasteiger partial charge < -0.3 is 15.6 Å². The number of amides is 1. The molecule has 2 aromatic rings. The number of imidazole rings is 1. The van der Waals surface area contributed by atoms with Gasteiger partial charge in [-0.2, -0.15) is 0 Å². The van der Waals surface area contributed by atoms with E-state index in [1.165, 1.54) is 0 Å². The van der Waals surface area contributed by atoms with E-state index < -0.39 is 0 Å². The van der Waals surface area contributed by atoms with E-state index in [1.807, 2.05) is 6.07 Å². The topological polar surface area (TPSA) is 82.7 Å². The Bertz CT molecular complexity index is 517. The van der Waals surface area contributed by atoms with Gasteiger partial charge in [0.1, 0.15) is 5.82 Å². The Kier molecular flexibility index (Phi) is 2.49. The van der Waals surface area contributed by atoms with Crippen molar-refractivity contribution in [3.63, 3.8) is 0 Å². The van der Waals surface area contributed by atoms with Gasteiger partial charge in [-0.3, -0.25) is 9.78 Å². The van der Waals surface area contributed by atoms with Crippen LogP contribution in [0.1, 0.15) is 5.82 Å². The Morgan fingerprint density at radius 2 is 2.35 bits per heavy atom. The summed E-state index contributed by atoms with van der Waals surface area (Å²) in [6.45, 7) is 1.50. The molecule has 1 fully saturated rings. The molecular weight excluding hydrogens is 218 g/mol. The van der Waals surface area contributed by atoms with E-state index in [4.69, 9.17) is 0 Å². The predicted molar refractivity (Wildman–Crippen MR) is 62.4 cm³/mol. The van der Waals surface area contributed by atoms with Crippen molar-refractivity contribution in [3.8, 4) is 0 Å². The standard InChI is InChI=1S/C11H13N5O/c17-11-8(13-3-4-14-11)5-10-15-7-1-2-12-6-9(7)16-10/h1-2,6,8,13H,3-5H2,(H,14,17)(H,15,16). The van der Waals surface area contributed by atoms with E-state index in [0.717, 1.165) is 23.4 Å². The van der Waals surface area contributed by atoms with Gasteiger partial charge in [0.2, 0.25) is 5.91 Å². The summed E-state index contributed by atoms with van der Waals surface area (Å²) in [4.78, 5) is 23.2. The largest absolute Gasteiger partial charge is 0.353 e. The maximum Gasteiger partial charge on any atom is 0.237 e. The first-order chi connectivity index (χ1) is 8.33. The zero-order valence-electron chi connectivity index (χ0n) is 9.23. The second-order valence-electron chi connectivity index (χ2n) is 4.08. The molecule has 1 aliphatic heterocycles. The van der Waals surface area contributed by atoms with Crippen LogP contribution < -0.4 is 10.6 Å². The Balaban J connectivity index is 1.82. The first-order valence-electron chi connectivity index (χ1n) is 5.62. The summed E-state index contributed by atoms with van der Waals surface area (Å²) in [6.07, 6.45) is 4.01. The summed E-state index contributed by atoms with van der Waals surface area (Å²) in [6, 6.07) is 1.65. The van der Waals surface area contributed by atoms with E-state index in [9.17, 15) is 4.79 Å². The summed E-state index contributed by atoms with van der Waals surface area (Å²) in [5, 5.41) is 6.00. The van der Waals surface area contributed by atoms with Crippen LogP contribution in [0.3, 0.4) is 0 Å². The van der Waals surface area contributed by atoms with Gasteiger partial charge in [-0.15, -0.1) is 0 Å². The lowest BCUT2D eigenvalue weighted by molar-refractivity contribution is -0.124. The minimum Gasteiger partial charge on any atom is -0.353 e. The van der Waals surface area contributed by atoms with Crippen molar-refractivity contribution in [2.75, 3.05) is 13.1 Å². The van der Waals surface area contributed by atoms with Gasteiger partial charge in [-0.05, 0) is 6.07 Å². The first-order valence-corrected chi connectivity index (χ1v) is 5.62. The molecule has 1 aliphatic rings. The number of nitrogens with zero attached hydrogens (tertiary/aromatic N) is 2. The Morgan fingerprint density at radius 3 is 3.18 bits per heavy atom. The lowest BCUT2D eigenvalue weighted by Gasteiger charge is -2.22. The molecule has 17 heavy (non-hydrogen) atoms. The average molecular weight is 231 g/mol. The number of pyridine rings is 1. The molecule has 0 bridgehead atoms. The highest BCUT2D eigenvalue weighted by Gasteiger charge is 2.22. The molecule has 1 unspecified atom stereocenters. The Hall–Kier alpha value is -1.95. The summed E-state index contributed by atoms with van der Waals surface area (Å²) in [5.74, 6) is 0.845. The van der Waals surface area contributed by atoms with Crippen molar-refractivity contribution in [3.05, 3.63) is 24.3 Å². The number of aromatic amines is 1. The normalized spacial score (nSPS) is 20.5. The number of aromatic nitrogens is 3. The third-order valence-corrected chi connectivity index (χ3v) is 2.86. The van der Waals surface area contributed by atoms with Crippen LogP contribution in [0, 0.1) is 0 Å². The highest BCUT2D eigenvalue weighted by atomic mass is 16.2. The summed E-state index contributed by atoms with van der Waals surface area (Å²) in [5.41, 5.74) is 1.78. The number of carbonyl (C=O) groups excluding carboxylic acids is 1. The zero-order valence-corrected chi connectivity index (χ0v) is 9.23. The molecule has 1 atom stereocenters. The minimum absolute atomic E-state index is 0.0369. The molecule has 6 heteroatoms. The number of rotatable bonds is 2. The monoisotopic (exact) mass is 231 g/mol. The molecular formula is C11H13N5O. The summed E-state index contributed by atoms with van der Waals surface area (Å²) < 4.78 is 0. The van der Waals surface area contributed by atoms with Crippen LogP contribution in [0.15, 0.2) is 18.5 Å². The van der Waals surface area contributed by atoms with Gasteiger partial charge in [0.15, 0.2) is 0 Å². The number of hydrogen-bond acceptors (Lipinski definition) is 4. The molecule has 0 spiro atoms. The van der Waals surface area contributed by atoms with E-state index in [-0.39, 0.29) is 11.9 Å². The minimum atomic E-state index is -0.197. The van der Waals surface area contributed by atoms with Gasteiger partial charge in [0.05, 0.1) is 23.3 Å². The second-order valence-corrected chi connectivity index (χ2v) is 4.08. The predicted octanol–water partition coefficient (Wildman–Crippen LogP) is -0.412. The molecule has 0 radical (unpaired) electrons. The smallest absolute Gasteiger partial charge is 0.237 e. The number of H-pyrrole nitrogens is 1. The fraction of sp³-hybridized carbons (Fsp3) is 0.364. The van der Waals surface area contributed by atoms with Crippen molar-refractivity contribution in [1.29, 1.82) is 0 Å². The first kappa shape index (κ1) is 10.2. The molecule has 88 valence electrons. The van der Waals surface area contributed by atoms with Gasteiger partial charge in [-0.25, -0.2) is 4.98 Å². The third kappa shape index (κ3) is 1.99. The number of fused-ring (bicyclic) bond motifs is 1. The van der Waals surface area contributed by atoms with Crippen molar-refractivity contribution < 1.29 is 4.79 Å². The number of carbonyl (C=O) groups is 1. The van der Waals surface area contributed by atoms with Crippen molar-refractivity contribution in [2.45, 2.75) is 12.5 Å². The molecule has 1 saturated heterocycles. The van der Waals surface area contributed by atoms with Crippen LogP contribution >= 0.6 is 0 Å². The lowest BCUT2D eigenvalue weighted by Crippen LogP contribution is -2.53. The molecule has 0 saturated carbocycles. The van der Waals surface area contributed by atoms with Gasteiger partial charge in [-0.1, -0.05) is 0 Å². The van der Waals surface area contributed by atoms with Crippen LogP contribution in [-0.2, 0) is 11.2 Å². The van der Waals surface area contributed by atoms with E-state index in [2.05, 4.69) is 25.6 Å². The fourth-order valence-corrected chi connectivity index (χ4v) is 2.01. The molecule has 3 N–H and O–H groups in total. The van der Waals surface area contributed by atoms with E-state index in [1.54, 1.807) is 12.4 Å². The maximum absolute atomic E-state index is 11.6. The number of hydrogen-bond donors (Lipinski definition) is 3. The van der Waals surface area contributed by atoms with Crippen molar-refractivity contribution >= 4 is 16.9 Å². The maximum atomic E-state index is 11.6.